The maximum atomic E-state index is 11.9. The molecule has 0 spiro atoms. The number of nitrogens with two attached hydrogens (primary N) is 1. The topological polar surface area (TPSA) is 55.1 Å². The summed E-state index contributed by atoms with van der Waals surface area (Å²) in [5.41, 5.74) is 5.46. The van der Waals surface area contributed by atoms with Gasteiger partial charge in [0.2, 0.25) is 5.91 Å². The smallest absolute Gasteiger partial charge is 0.227 e. The summed E-state index contributed by atoms with van der Waals surface area (Å²) in [7, 11) is 0. The standard InChI is InChI=1S/C12H24N2O/c1-3-10(4-2)8-14-11(15)12(9-13)6-5-7-12/h10H,3-9,13H2,1-2H3,(H,14,15). The molecule has 0 atom stereocenters. The fourth-order valence-electron chi connectivity index (χ4n) is 2.13. The summed E-state index contributed by atoms with van der Waals surface area (Å²) in [4.78, 5) is 11.9. The minimum Gasteiger partial charge on any atom is -0.355 e. The van der Waals surface area contributed by atoms with Crippen LogP contribution in [0.1, 0.15) is 46.0 Å². The zero-order valence-corrected chi connectivity index (χ0v) is 10.0. The molecule has 0 aromatic rings. The van der Waals surface area contributed by atoms with Gasteiger partial charge in [-0.05, 0) is 18.8 Å². The zero-order chi connectivity index (χ0) is 11.3. The Labute approximate surface area is 92.8 Å². The second kappa shape index (κ2) is 5.50. The molecule has 0 bridgehead atoms. The zero-order valence-electron chi connectivity index (χ0n) is 10.0. The maximum Gasteiger partial charge on any atom is 0.227 e. The van der Waals surface area contributed by atoms with E-state index in [0.29, 0.717) is 12.5 Å². The Morgan fingerprint density at radius 1 is 1.40 bits per heavy atom. The molecule has 1 fully saturated rings. The summed E-state index contributed by atoms with van der Waals surface area (Å²) in [6, 6.07) is 0. The molecule has 1 rings (SSSR count). The van der Waals surface area contributed by atoms with Gasteiger partial charge >= 0.3 is 0 Å². The predicted molar refractivity (Wildman–Crippen MR) is 62.4 cm³/mol. The van der Waals surface area contributed by atoms with Crippen molar-refractivity contribution >= 4 is 5.91 Å². The highest BCUT2D eigenvalue weighted by molar-refractivity contribution is 5.83. The molecule has 3 N–H and O–H groups in total. The van der Waals surface area contributed by atoms with Crippen LogP contribution in [0.3, 0.4) is 0 Å². The van der Waals surface area contributed by atoms with Crippen LogP contribution in [0.15, 0.2) is 0 Å². The highest BCUT2D eigenvalue weighted by Gasteiger charge is 2.42. The quantitative estimate of drug-likeness (QED) is 0.703. The largest absolute Gasteiger partial charge is 0.355 e. The molecule has 0 aromatic heterocycles. The lowest BCUT2D eigenvalue weighted by Gasteiger charge is -2.39. The third-order valence-corrected chi connectivity index (χ3v) is 3.89. The Morgan fingerprint density at radius 2 is 2.00 bits per heavy atom. The summed E-state index contributed by atoms with van der Waals surface area (Å²) < 4.78 is 0. The van der Waals surface area contributed by atoms with E-state index in [-0.39, 0.29) is 11.3 Å². The fraction of sp³-hybridized carbons (Fsp3) is 0.917. The predicted octanol–water partition coefficient (Wildman–Crippen LogP) is 1.67. The van der Waals surface area contributed by atoms with Gasteiger partial charge in [-0.15, -0.1) is 0 Å². The van der Waals surface area contributed by atoms with Gasteiger partial charge in [0.15, 0.2) is 0 Å². The number of carbonyl (C=O) groups excluding carboxylic acids is 1. The van der Waals surface area contributed by atoms with Crippen molar-refractivity contribution < 1.29 is 4.79 Å². The highest BCUT2D eigenvalue weighted by atomic mass is 16.2. The molecule has 15 heavy (non-hydrogen) atoms. The molecule has 1 aliphatic carbocycles. The van der Waals surface area contributed by atoms with Crippen molar-refractivity contribution in [2.24, 2.45) is 17.1 Å². The summed E-state index contributed by atoms with van der Waals surface area (Å²) in [6.45, 7) is 5.65. The Hall–Kier alpha value is -0.570. The van der Waals surface area contributed by atoms with Crippen LogP contribution in [0.2, 0.25) is 0 Å². The molecule has 3 heteroatoms. The van der Waals surface area contributed by atoms with E-state index in [9.17, 15) is 4.79 Å². The molecular weight excluding hydrogens is 188 g/mol. The van der Waals surface area contributed by atoms with E-state index in [0.717, 1.165) is 38.6 Å². The second-order valence-corrected chi connectivity index (χ2v) is 4.73. The number of hydrogen-bond donors (Lipinski definition) is 2. The first-order valence-electron chi connectivity index (χ1n) is 6.17. The lowest BCUT2D eigenvalue weighted by atomic mass is 9.68. The fourth-order valence-corrected chi connectivity index (χ4v) is 2.13. The molecular formula is C12H24N2O. The lowest BCUT2D eigenvalue weighted by molar-refractivity contribution is -0.135. The molecule has 3 nitrogen and oxygen atoms in total. The summed E-state index contributed by atoms with van der Waals surface area (Å²) in [5.74, 6) is 0.798. The molecule has 0 aromatic carbocycles. The summed E-state index contributed by atoms with van der Waals surface area (Å²) >= 11 is 0. The molecule has 1 saturated carbocycles. The van der Waals surface area contributed by atoms with E-state index in [1.54, 1.807) is 0 Å². The Balaban J connectivity index is 2.35. The number of hydrogen-bond acceptors (Lipinski definition) is 2. The Morgan fingerprint density at radius 3 is 2.33 bits per heavy atom. The van der Waals surface area contributed by atoms with Gasteiger partial charge in [-0.3, -0.25) is 4.79 Å². The molecule has 88 valence electrons. The van der Waals surface area contributed by atoms with Crippen molar-refractivity contribution in [1.29, 1.82) is 0 Å². The minimum atomic E-state index is -0.216. The normalized spacial score (nSPS) is 18.7. The van der Waals surface area contributed by atoms with Gasteiger partial charge in [-0.25, -0.2) is 0 Å². The van der Waals surface area contributed by atoms with E-state index >= 15 is 0 Å². The van der Waals surface area contributed by atoms with Gasteiger partial charge in [-0.2, -0.15) is 0 Å². The third-order valence-electron chi connectivity index (χ3n) is 3.89. The Bertz CT molecular complexity index is 202. The van der Waals surface area contributed by atoms with Gasteiger partial charge in [0.1, 0.15) is 0 Å². The average molecular weight is 212 g/mol. The molecule has 0 radical (unpaired) electrons. The summed E-state index contributed by atoms with van der Waals surface area (Å²) in [5, 5.41) is 3.06. The molecule has 0 aliphatic heterocycles. The van der Waals surface area contributed by atoms with Crippen molar-refractivity contribution in [3.8, 4) is 0 Å². The first kappa shape index (κ1) is 12.5. The average Bonchev–Trinajstić information content (AvgIpc) is 2.18. The first-order valence-corrected chi connectivity index (χ1v) is 6.17. The number of nitrogens with one attached hydrogen (secondary N) is 1. The maximum absolute atomic E-state index is 11.9. The Kier molecular flexibility index (Phi) is 4.58. The van der Waals surface area contributed by atoms with Crippen LogP contribution in [0.4, 0.5) is 0 Å². The number of amides is 1. The van der Waals surface area contributed by atoms with E-state index in [1.165, 1.54) is 0 Å². The van der Waals surface area contributed by atoms with E-state index in [4.69, 9.17) is 5.73 Å². The second-order valence-electron chi connectivity index (χ2n) is 4.73. The summed E-state index contributed by atoms with van der Waals surface area (Å²) in [6.07, 6.45) is 5.35. The monoisotopic (exact) mass is 212 g/mol. The van der Waals surface area contributed by atoms with Crippen LogP contribution in [-0.2, 0) is 4.79 Å². The van der Waals surface area contributed by atoms with Crippen LogP contribution < -0.4 is 11.1 Å². The number of rotatable bonds is 6. The molecule has 1 aliphatic rings. The SMILES string of the molecule is CCC(CC)CNC(=O)C1(CN)CCC1. The lowest BCUT2D eigenvalue weighted by Crippen LogP contribution is -2.51. The van der Waals surface area contributed by atoms with E-state index in [1.807, 2.05) is 0 Å². The van der Waals surface area contributed by atoms with Crippen LogP contribution in [-0.4, -0.2) is 19.0 Å². The van der Waals surface area contributed by atoms with E-state index < -0.39 is 0 Å². The molecule has 0 unspecified atom stereocenters. The first-order chi connectivity index (χ1) is 7.18. The van der Waals surface area contributed by atoms with Crippen molar-refractivity contribution in [2.45, 2.75) is 46.0 Å². The van der Waals surface area contributed by atoms with Crippen molar-refractivity contribution in [3.63, 3.8) is 0 Å². The van der Waals surface area contributed by atoms with Crippen molar-refractivity contribution in [3.05, 3.63) is 0 Å². The molecule has 1 amide bonds. The van der Waals surface area contributed by atoms with Crippen LogP contribution in [0, 0.1) is 11.3 Å². The van der Waals surface area contributed by atoms with Crippen LogP contribution >= 0.6 is 0 Å². The molecule has 0 heterocycles. The van der Waals surface area contributed by atoms with Gasteiger partial charge in [0, 0.05) is 13.1 Å². The highest BCUT2D eigenvalue weighted by Crippen LogP contribution is 2.39. The van der Waals surface area contributed by atoms with Crippen LogP contribution in [0.5, 0.6) is 0 Å². The minimum absolute atomic E-state index is 0.183. The molecule has 0 saturated heterocycles. The van der Waals surface area contributed by atoms with Gasteiger partial charge in [0.25, 0.3) is 0 Å². The van der Waals surface area contributed by atoms with Gasteiger partial charge < -0.3 is 11.1 Å². The van der Waals surface area contributed by atoms with Gasteiger partial charge in [-0.1, -0.05) is 33.1 Å². The third kappa shape index (κ3) is 2.71. The van der Waals surface area contributed by atoms with Gasteiger partial charge in [0.05, 0.1) is 5.41 Å². The van der Waals surface area contributed by atoms with Crippen molar-refractivity contribution in [1.82, 2.24) is 5.32 Å². The number of carbonyl (C=O) groups is 1. The van der Waals surface area contributed by atoms with E-state index in [2.05, 4.69) is 19.2 Å². The van der Waals surface area contributed by atoms with Crippen molar-refractivity contribution in [2.75, 3.05) is 13.1 Å². The van der Waals surface area contributed by atoms with Crippen LogP contribution in [0.25, 0.3) is 0 Å².